The molecule has 1 N–H and O–H groups in total. The maximum atomic E-state index is 11.5. The van der Waals surface area contributed by atoms with Gasteiger partial charge >= 0.3 is 0 Å². The van der Waals surface area contributed by atoms with Crippen molar-refractivity contribution in [2.75, 3.05) is 25.1 Å². The Morgan fingerprint density at radius 1 is 1.50 bits per heavy atom. The number of carbonyl (C=O) groups excluding carboxylic acids is 1. The SMILES string of the molecule is CC#CC(=O)N[C@@H]1CCCN(c2cccc(OC)c2)C1. The van der Waals surface area contributed by atoms with Crippen molar-refractivity contribution in [2.45, 2.75) is 25.8 Å². The van der Waals surface area contributed by atoms with Crippen LogP contribution in [0, 0.1) is 11.8 Å². The second-order valence-electron chi connectivity index (χ2n) is 4.84. The molecule has 106 valence electrons. The summed E-state index contributed by atoms with van der Waals surface area (Å²) in [5, 5.41) is 2.96. The number of ether oxygens (including phenoxy) is 1. The number of methoxy groups -OCH3 is 1. The van der Waals surface area contributed by atoms with Gasteiger partial charge in [-0.2, -0.15) is 0 Å². The van der Waals surface area contributed by atoms with Gasteiger partial charge in [-0.05, 0) is 37.8 Å². The van der Waals surface area contributed by atoms with Gasteiger partial charge in [0, 0.05) is 30.9 Å². The summed E-state index contributed by atoms with van der Waals surface area (Å²) in [6, 6.07) is 8.17. The van der Waals surface area contributed by atoms with Crippen molar-refractivity contribution < 1.29 is 9.53 Å². The van der Waals surface area contributed by atoms with Crippen molar-refractivity contribution >= 4 is 11.6 Å². The fourth-order valence-electron chi connectivity index (χ4n) is 2.47. The summed E-state index contributed by atoms with van der Waals surface area (Å²) in [5.41, 5.74) is 1.13. The molecule has 0 spiro atoms. The first-order valence-electron chi connectivity index (χ1n) is 6.85. The Balaban J connectivity index is 2.01. The zero-order valence-electron chi connectivity index (χ0n) is 12.0. The monoisotopic (exact) mass is 272 g/mol. The number of piperidine rings is 1. The van der Waals surface area contributed by atoms with Gasteiger partial charge in [0.05, 0.1) is 7.11 Å². The molecular weight excluding hydrogens is 252 g/mol. The first kappa shape index (κ1) is 14.3. The van der Waals surface area contributed by atoms with E-state index in [9.17, 15) is 4.79 Å². The zero-order chi connectivity index (χ0) is 14.4. The number of nitrogens with zero attached hydrogens (tertiary/aromatic N) is 1. The van der Waals surface area contributed by atoms with Gasteiger partial charge in [0.15, 0.2) is 0 Å². The molecule has 1 aromatic rings. The van der Waals surface area contributed by atoms with Crippen LogP contribution in [0.3, 0.4) is 0 Å². The van der Waals surface area contributed by atoms with E-state index < -0.39 is 0 Å². The smallest absolute Gasteiger partial charge is 0.296 e. The highest BCUT2D eigenvalue weighted by Gasteiger charge is 2.21. The van der Waals surface area contributed by atoms with Crippen LogP contribution in [0.15, 0.2) is 24.3 Å². The molecule has 0 aliphatic carbocycles. The van der Waals surface area contributed by atoms with Crippen LogP contribution in [0.2, 0.25) is 0 Å². The average Bonchev–Trinajstić information content (AvgIpc) is 2.48. The van der Waals surface area contributed by atoms with Crippen LogP contribution < -0.4 is 15.0 Å². The summed E-state index contributed by atoms with van der Waals surface area (Å²) in [4.78, 5) is 13.8. The van der Waals surface area contributed by atoms with E-state index in [1.807, 2.05) is 18.2 Å². The van der Waals surface area contributed by atoms with Gasteiger partial charge in [0.1, 0.15) is 5.75 Å². The van der Waals surface area contributed by atoms with E-state index in [0.717, 1.165) is 37.4 Å². The maximum Gasteiger partial charge on any atom is 0.296 e. The lowest BCUT2D eigenvalue weighted by atomic mass is 10.0. The minimum Gasteiger partial charge on any atom is -0.497 e. The van der Waals surface area contributed by atoms with Crippen LogP contribution in [0.1, 0.15) is 19.8 Å². The number of nitrogens with one attached hydrogen (secondary N) is 1. The molecule has 1 aliphatic heterocycles. The lowest BCUT2D eigenvalue weighted by Gasteiger charge is -2.34. The molecule has 1 atom stereocenters. The van der Waals surface area contributed by atoms with Crippen LogP contribution in [0.4, 0.5) is 5.69 Å². The summed E-state index contributed by atoms with van der Waals surface area (Å²) in [5.74, 6) is 5.81. The Hall–Kier alpha value is -2.15. The third-order valence-electron chi connectivity index (χ3n) is 3.41. The largest absolute Gasteiger partial charge is 0.497 e. The van der Waals surface area contributed by atoms with E-state index in [0.29, 0.717) is 0 Å². The molecule has 0 unspecified atom stereocenters. The van der Waals surface area contributed by atoms with Crippen molar-refractivity contribution in [1.29, 1.82) is 0 Å². The van der Waals surface area contributed by atoms with E-state index in [2.05, 4.69) is 28.1 Å². The molecule has 20 heavy (non-hydrogen) atoms. The number of hydrogen-bond acceptors (Lipinski definition) is 3. The van der Waals surface area contributed by atoms with Gasteiger partial charge in [-0.25, -0.2) is 0 Å². The van der Waals surface area contributed by atoms with Crippen LogP contribution in [-0.2, 0) is 4.79 Å². The summed E-state index contributed by atoms with van der Waals surface area (Å²) < 4.78 is 5.25. The summed E-state index contributed by atoms with van der Waals surface area (Å²) in [7, 11) is 1.67. The van der Waals surface area contributed by atoms with Crippen LogP contribution in [0.25, 0.3) is 0 Å². The number of benzene rings is 1. The Labute approximate surface area is 120 Å². The Morgan fingerprint density at radius 2 is 2.35 bits per heavy atom. The Bertz CT molecular complexity index is 531. The second-order valence-corrected chi connectivity index (χ2v) is 4.84. The van der Waals surface area contributed by atoms with E-state index in [1.165, 1.54) is 0 Å². The van der Waals surface area contributed by atoms with E-state index in [4.69, 9.17) is 4.74 Å². The number of rotatable bonds is 3. The molecule has 0 bridgehead atoms. The number of hydrogen-bond donors (Lipinski definition) is 1. The van der Waals surface area contributed by atoms with Gasteiger partial charge < -0.3 is 15.0 Å². The molecule has 2 rings (SSSR count). The fourth-order valence-corrected chi connectivity index (χ4v) is 2.47. The number of amides is 1. The van der Waals surface area contributed by atoms with Gasteiger partial charge in [-0.15, -0.1) is 0 Å². The molecule has 0 radical (unpaired) electrons. The summed E-state index contributed by atoms with van der Waals surface area (Å²) in [6.07, 6.45) is 2.05. The molecule has 4 heteroatoms. The summed E-state index contributed by atoms with van der Waals surface area (Å²) in [6.45, 7) is 3.48. The highest BCUT2D eigenvalue weighted by molar-refractivity contribution is 5.93. The van der Waals surface area contributed by atoms with Crippen molar-refractivity contribution in [3.8, 4) is 17.6 Å². The van der Waals surface area contributed by atoms with Crippen molar-refractivity contribution in [3.05, 3.63) is 24.3 Å². The van der Waals surface area contributed by atoms with Crippen LogP contribution in [-0.4, -0.2) is 32.1 Å². The van der Waals surface area contributed by atoms with Gasteiger partial charge in [-0.3, -0.25) is 4.79 Å². The minimum absolute atomic E-state index is 0.156. The van der Waals surface area contributed by atoms with Gasteiger partial charge in [0.25, 0.3) is 5.91 Å². The average molecular weight is 272 g/mol. The standard InChI is InChI=1S/C16H20N2O2/c1-3-6-16(19)17-13-7-5-10-18(12-13)14-8-4-9-15(11-14)20-2/h4,8-9,11,13H,5,7,10,12H2,1-2H3,(H,17,19)/t13-/m1/s1. The molecule has 4 nitrogen and oxygen atoms in total. The van der Waals surface area contributed by atoms with E-state index in [-0.39, 0.29) is 11.9 Å². The lowest BCUT2D eigenvalue weighted by Crippen LogP contribution is -2.47. The number of carbonyl (C=O) groups is 1. The molecular formula is C16H20N2O2. The van der Waals surface area contributed by atoms with Crippen molar-refractivity contribution in [1.82, 2.24) is 5.32 Å². The van der Waals surface area contributed by atoms with Crippen molar-refractivity contribution in [2.24, 2.45) is 0 Å². The second kappa shape index (κ2) is 6.85. The lowest BCUT2D eigenvalue weighted by molar-refractivity contribution is -0.116. The molecule has 1 aromatic carbocycles. The highest BCUT2D eigenvalue weighted by atomic mass is 16.5. The predicted molar refractivity (Wildman–Crippen MR) is 79.8 cm³/mol. The molecule has 1 amide bonds. The predicted octanol–water partition coefficient (Wildman–Crippen LogP) is 1.80. The van der Waals surface area contributed by atoms with E-state index >= 15 is 0 Å². The van der Waals surface area contributed by atoms with Gasteiger partial charge in [0.2, 0.25) is 0 Å². The first-order valence-corrected chi connectivity index (χ1v) is 6.85. The van der Waals surface area contributed by atoms with Crippen LogP contribution >= 0.6 is 0 Å². The third kappa shape index (κ3) is 3.67. The first-order chi connectivity index (χ1) is 9.72. The number of anilines is 1. The Morgan fingerprint density at radius 3 is 3.10 bits per heavy atom. The fraction of sp³-hybridized carbons (Fsp3) is 0.438. The highest BCUT2D eigenvalue weighted by Crippen LogP contribution is 2.24. The summed E-state index contributed by atoms with van der Waals surface area (Å²) >= 11 is 0. The molecule has 1 saturated heterocycles. The normalized spacial score (nSPS) is 17.9. The van der Waals surface area contributed by atoms with Gasteiger partial charge in [-0.1, -0.05) is 12.0 Å². The molecule has 1 fully saturated rings. The third-order valence-corrected chi connectivity index (χ3v) is 3.41. The molecule has 1 heterocycles. The van der Waals surface area contributed by atoms with Crippen LogP contribution in [0.5, 0.6) is 5.75 Å². The topological polar surface area (TPSA) is 41.6 Å². The maximum absolute atomic E-state index is 11.5. The molecule has 0 aromatic heterocycles. The Kier molecular flexibility index (Phi) is 4.89. The zero-order valence-corrected chi connectivity index (χ0v) is 12.0. The molecule has 0 saturated carbocycles. The van der Waals surface area contributed by atoms with E-state index in [1.54, 1.807) is 14.0 Å². The van der Waals surface area contributed by atoms with Crippen molar-refractivity contribution in [3.63, 3.8) is 0 Å². The minimum atomic E-state index is -0.190. The molecule has 1 aliphatic rings. The quantitative estimate of drug-likeness (QED) is 0.853.